The van der Waals surface area contributed by atoms with Crippen molar-refractivity contribution in [3.63, 3.8) is 0 Å². The van der Waals surface area contributed by atoms with Gasteiger partial charge >= 0.3 is 0 Å². The molecule has 3 N–H and O–H groups in total. The Morgan fingerprint density at radius 1 is 1.60 bits per heavy atom. The van der Waals surface area contributed by atoms with Gasteiger partial charge in [0, 0.05) is 25.2 Å². The zero-order chi connectivity index (χ0) is 11.3. The number of nitrogens with zero attached hydrogens (tertiary/aromatic N) is 1. The van der Waals surface area contributed by atoms with Crippen molar-refractivity contribution in [1.82, 2.24) is 10.2 Å². The molecular formula is C10H21N3O2. The molecule has 1 aliphatic rings. The van der Waals surface area contributed by atoms with Crippen LogP contribution < -0.4 is 11.1 Å². The van der Waals surface area contributed by atoms with Crippen LogP contribution in [0.4, 0.5) is 0 Å². The number of morpholine rings is 1. The zero-order valence-electron chi connectivity index (χ0n) is 9.58. The van der Waals surface area contributed by atoms with Crippen LogP contribution in [0.15, 0.2) is 0 Å². The molecule has 1 rings (SSSR count). The second-order valence-corrected chi connectivity index (χ2v) is 4.41. The van der Waals surface area contributed by atoms with Crippen molar-refractivity contribution in [3.8, 4) is 0 Å². The molecule has 1 fully saturated rings. The maximum Gasteiger partial charge on any atom is 0.233 e. The minimum atomic E-state index is -0.0962. The SMILES string of the molecule is CC1(C)COCCN1CCNC(=O)CN. The molecule has 15 heavy (non-hydrogen) atoms. The van der Waals surface area contributed by atoms with Crippen molar-refractivity contribution in [2.75, 3.05) is 39.4 Å². The molecule has 0 aromatic rings. The molecule has 0 saturated carbocycles. The molecule has 1 amide bonds. The van der Waals surface area contributed by atoms with E-state index < -0.39 is 0 Å². The van der Waals surface area contributed by atoms with Crippen LogP contribution >= 0.6 is 0 Å². The Hall–Kier alpha value is -0.650. The number of amides is 1. The van der Waals surface area contributed by atoms with Crippen LogP contribution in [-0.2, 0) is 9.53 Å². The second-order valence-electron chi connectivity index (χ2n) is 4.41. The van der Waals surface area contributed by atoms with Gasteiger partial charge in [-0.2, -0.15) is 0 Å². The fraction of sp³-hybridized carbons (Fsp3) is 0.900. The van der Waals surface area contributed by atoms with Gasteiger partial charge in [-0.3, -0.25) is 9.69 Å². The minimum absolute atomic E-state index is 0.0612. The first-order chi connectivity index (χ1) is 7.06. The smallest absolute Gasteiger partial charge is 0.233 e. The maximum absolute atomic E-state index is 10.9. The Balaban J connectivity index is 2.27. The number of rotatable bonds is 4. The predicted molar refractivity (Wildman–Crippen MR) is 58.5 cm³/mol. The Bertz CT molecular complexity index is 219. The molecule has 5 nitrogen and oxygen atoms in total. The molecule has 0 aromatic heterocycles. The molecule has 0 unspecified atom stereocenters. The average Bonchev–Trinajstić information content (AvgIpc) is 2.20. The first-order valence-corrected chi connectivity index (χ1v) is 5.36. The third kappa shape index (κ3) is 3.77. The van der Waals surface area contributed by atoms with Gasteiger partial charge in [0.1, 0.15) is 0 Å². The van der Waals surface area contributed by atoms with E-state index in [1.165, 1.54) is 0 Å². The van der Waals surface area contributed by atoms with Crippen molar-refractivity contribution in [3.05, 3.63) is 0 Å². The lowest BCUT2D eigenvalue weighted by Crippen LogP contribution is -2.54. The molecule has 1 aliphatic heterocycles. The molecule has 5 heteroatoms. The first kappa shape index (κ1) is 12.4. The van der Waals surface area contributed by atoms with Crippen molar-refractivity contribution < 1.29 is 9.53 Å². The lowest BCUT2D eigenvalue weighted by Gasteiger charge is -2.42. The summed E-state index contributed by atoms with van der Waals surface area (Å²) in [6.45, 7) is 8.31. The fourth-order valence-electron chi connectivity index (χ4n) is 1.71. The molecule has 1 saturated heterocycles. The number of hydrogen-bond donors (Lipinski definition) is 2. The van der Waals surface area contributed by atoms with Gasteiger partial charge in [0.25, 0.3) is 0 Å². The van der Waals surface area contributed by atoms with Gasteiger partial charge in [-0.25, -0.2) is 0 Å². The molecule has 1 heterocycles. The summed E-state index contributed by atoms with van der Waals surface area (Å²) in [6.07, 6.45) is 0. The zero-order valence-corrected chi connectivity index (χ0v) is 9.58. The van der Waals surface area contributed by atoms with E-state index >= 15 is 0 Å². The van der Waals surface area contributed by atoms with E-state index in [1.54, 1.807) is 0 Å². The fourth-order valence-corrected chi connectivity index (χ4v) is 1.71. The summed E-state index contributed by atoms with van der Waals surface area (Å²) < 4.78 is 5.41. The molecule has 0 aliphatic carbocycles. The average molecular weight is 215 g/mol. The highest BCUT2D eigenvalue weighted by Gasteiger charge is 2.29. The lowest BCUT2D eigenvalue weighted by atomic mass is 10.0. The van der Waals surface area contributed by atoms with Crippen LogP contribution in [-0.4, -0.2) is 55.7 Å². The van der Waals surface area contributed by atoms with Gasteiger partial charge in [-0.1, -0.05) is 0 Å². The van der Waals surface area contributed by atoms with E-state index in [0.717, 1.165) is 26.3 Å². The predicted octanol–water partition coefficient (Wildman–Crippen LogP) is -0.828. The Morgan fingerprint density at radius 3 is 2.93 bits per heavy atom. The van der Waals surface area contributed by atoms with Crippen LogP contribution in [0, 0.1) is 0 Å². The summed E-state index contributed by atoms with van der Waals surface area (Å²) in [7, 11) is 0. The van der Waals surface area contributed by atoms with Gasteiger partial charge < -0.3 is 15.8 Å². The Kier molecular flexibility index (Phi) is 4.50. The van der Waals surface area contributed by atoms with Gasteiger partial charge in [-0.15, -0.1) is 0 Å². The van der Waals surface area contributed by atoms with Crippen LogP contribution in [0.2, 0.25) is 0 Å². The second kappa shape index (κ2) is 5.44. The molecule has 88 valence electrons. The monoisotopic (exact) mass is 215 g/mol. The summed E-state index contributed by atoms with van der Waals surface area (Å²) in [5.41, 5.74) is 5.26. The third-order valence-corrected chi connectivity index (χ3v) is 2.71. The summed E-state index contributed by atoms with van der Waals surface area (Å²) in [5, 5.41) is 2.77. The highest BCUT2D eigenvalue weighted by molar-refractivity contribution is 5.77. The van der Waals surface area contributed by atoms with E-state index in [2.05, 4.69) is 24.1 Å². The largest absolute Gasteiger partial charge is 0.378 e. The highest BCUT2D eigenvalue weighted by Crippen LogP contribution is 2.17. The molecular weight excluding hydrogens is 194 g/mol. The normalized spacial score (nSPS) is 21.3. The number of ether oxygens (including phenoxy) is 1. The van der Waals surface area contributed by atoms with Gasteiger partial charge in [0.2, 0.25) is 5.91 Å². The number of carbonyl (C=O) groups excluding carboxylic acids is 1. The van der Waals surface area contributed by atoms with Gasteiger partial charge in [-0.05, 0) is 13.8 Å². The van der Waals surface area contributed by atoms with Crippen LogP contribution in [0.5, 0.6) is 0 Å². The van der Waals surface area contributed by atoms with Crippen molar-refractivity contribution in [2.24, 2.45) is 5.73 Å². The quantitative estimate of drug-likeness (QED) is 0.642. The summed E-state index contributed by atoms with van der Waals surface area (Å²) in [5.74, 6) is -0.0962. The molecule has 0 atom stereocenters. The van der Waals surface area contributed by atoms with E-state index in [9.17, 15) is 4.79 Å². The summed E-state index contributed by atoms with van der Waals surface area (Å²) in [4.78, 5) is 13.3. The van der Waals surface area contributed by atoms with Gasteiger partial charge in [0.05, 0.1) is 19.8 Å². The number of hydrogen-bond acceptors (Lipinski definition) is 4. The summed E-state index contributed by atoms with van der Waals surface area (Å²) >= 11 is 0. The summed E-state index contributed by atoms with van der Waals surface area (Å²) in [6, 6.07) is 0. The van der Waals surface area contributed by atoms with Crippen LogP contribution in [0.25, 0.3) is 0 Å². The molecule has 0 bridgehead atoms. The van der Waals surface area contributed by atoms with E-state index in [-0.39, 0.29) is 18.0 Å². The maximum atomic E-state index is 10.9. The number of carbonyl (C=O) groups is 1. The lowest BCUT2D eigenvalue weighted by molar-refractivity contribution is -0.120. The third-order valence-electron chi connectivity index (χ3n) is 2.71. The van der Waals surface area contributed by atoms with E-state index in [0.29, 0.717) is 6.54 Å². The van der Waals surface area contributed by atoms with Crippen LogP contribution in [0.1, 0.15) is 13.8 Å². The molecule has 0 radical (unpaired) electrons. The standard InChI is InChI=1S/C10H21N3O2/c1-10(2)8-15-6-5-13(10)4-3-12-9(14)7-11/h3-8,11H2,1-2H3,(H,12,14). The van der Waals surface area contributed by atoms with Crippen molar-refractivity contribution in [1.29, 1.82) is 0 Å². The minimum Gasteiger partial charge on any atom is -0.378 e. The highest BCUT2D eigenvalue weighted by atomic mass is 16.5. The van der Waals surface area contributed by atoms with E-state index in [1.807, 2.05) is 0 Å². The number of nitrogens with two attached hydrogens (primary N) is 1. The van der Waals surface area contributed by atoms with Crippen molar-refractivity contribution >= 4 is 5.91 Å². The van der Waals surface area contributed by atoms with E-state index in [4.69, 9.17) is 10.5 Å². The Morgan fingerprint density at radius 2 is 2.33 bits per heavy atom. The topological polar surface area (TPSA) is 67.6 Å². The number of nitrogens with one attached hydrogen (secondary N) is 1. The molecule has 0 spiro atoms. The first-order valence-electron chi connectivity index (χ1n) is 5.36. The Labute approximate surface area is 90.9 Å². The van der Waals surface area contributed by atoms with Gasteiger partial charge in [0.15, 0.2) is 0 Å². The van der Waals surface area contributed by atoms with Crippen molar-refractivity contribution in [2.45, 2.75) is 19.4 Å². The van der Waals surface area contributed by atoms with Crippen LogP contribution in [0.3, 0.4) is 0 Å². The molecule has 0 aromatic carbocycles.